The topological polar surface area (TPSA) is 80.2 Å². The van der Waals surface area contributed by atoms with Crippen molar-refractivity contribution in [3.63, 3.8) is 0 Å². The van der Waals surface area contributed by atoms with Gasteiger partial charge in [0.2, 0.25) is 5.91 Å². The highest BCUT2D eigenvalue weighted by atomic mass is 32.2. The lowest BCUT2D eigenvalue weighted by Crippen LogP contribution is -2.45. The van der Waals surface area contributed by atoms with Gasteiger partial charge in [-0.1, -0.05) is 38.4 Å². The Labute approximate surface area is 217 Å². The molecule has 10 heteroatoms. The molecule has 1 N–H and O–H groups in total. The first-order chi connectivity index (χ1) is 17.0. The largest absolute Gasteiger partial charge is 0.416 e. The van der Waals surface area contributed by atoms with E-state index >= 15 is 4.39 Å². The average molecular weight is 534 g/mol. The molecule has 196 valence electrons. The number of amides is 2. The van der Waals surface area contributed by atoms with Crippen LogP contribution in [0.4, 0.5) is 9.18 Å². The molecule has 0 bridgehead atoms. The van der Waals surface area contributed by atoms with E-state index < -0.39 is 30.3 Å². The molecule has 2 amide bonds. The average Bonchev–Trinajstić information content (AvgIpc) is 3.32. The van der Waals surface area contributed by atoms with Crippen molar-refractivity contribution in [2.45, 2.75) is 62.2 Å². The molecule has 1 saturated heterocycles. The summed E-state index contributed by atoms with van der Waals surface area (Å²) in [7, 11) is -1.23. The van der Waals surface area contributed by atoms with Crippen molar-refractivity contribution in [2.75, 3.05) is 26.4 Å². The fourth-order valence-corrected chi connectivity index (χ4v) is 7.21. The van der Waals surface area contributed by atoms with E-state index in [1.54, 1.807) is 18.2 Å². The second-order valence-electron chi connectivity index (χ2n) is 11.1. The Morgan fingerprint density at radius 3 is 2.72 bits per heavy atom. The van der Waals surface area contributed by atoms with Gasteiger partial charge in [0, 0.05) is 39.3 Å². The summed E-state index contributed by atoms with van der Waals surface area (Å²) in [5.74, 6) is -0.599. The third kappa shape index (κ3) is 5.55. The molecule has 2 aliphatic heterocycles. The molecule has 2 fully saturated rings. The number of halogens is 1. The van der Waals surface area contributed by atoms with Crippen molar-refractivity contribution in [2.24, 2.45) is 10.9 Å². The molecule has 1 aromatic carbocycles. The number of hydrogen-bond donors (Lipinski definition) is 1. The number of hydrogen-bond acceptors (Lipinski definition) is 6. The van der Waals surface area contributed by atoms with Gasteiger partial charge in [0.05, 0.1) is 5.54 Å². The number of rotatable bonds is 8. The van der Waals surface area contributed by atoms with E-state index in [0.717, 1.165) is 24.4 Å². The maximum absolute atomic E-state index is 15.1. The van der Waals surface area contributed by atoms with Crippen LogP contribution in [0.15, 0.2) is 29.8 Å². The zero-order valence-electron chi connectivity index (χ0n) is 21.6. The van der Waals surface area contributed by atoms with Crippen LogP contribution in [0.3, 0.4) is 0 Å². The maximum Gasteiger partial charge on any atom is 0.416 e. The van der Waals surface area contributed by atoms with Crippen LogP contribution >= 0.6 is 11.8 Å². The third-order valence-corrected chi connectivity index (χ3v) is 10.2. The van der Waals surface area contributed by atoms with Crippen LogP contribution in [0.25, 0.3) is 6.08 Å². The minimum atomic E-state index is -1.23. The highest BCUT2D eigenvalue weighted by Gasteiger charge is 2.72. The van der Waals surface area contributed by atoms with Gasteiger partial charge in [0.1, 0.15) is 17.3 Å². The molecule has 3 aliphatic rings. The molecule has 0 aromatic heterocycles. The molecule has 7 nitrogen and oxygen atoms in total. The molecule has 36 heavy (non-hydrogen) atoms. The van der Waals surface area contributed by atoms with Gasteiger partial charge >= 0.3 is 6.09 Å². The maximum atomic E-state index is 15.1. The summed E-state index contributed by atoms with van der Waals surface area (Å²) in [5, 5.41) is 2.66. The fourth-order valence-electron chi connectivity index (χ4n) is 4.95. The monoisotopic (exact) mass is 533 g/mol. The van der Waals surface area contributed by atoms with Crippen LogP contribution in [0, 0.1) is 11.7 Å². The third-order valence-electron chi connectivity index (χ3n) is 7.20. The number of thioether (sulfide) groups is 1. The number of aliphatic imine (C=N–C) groups is 1. The second kappa shape index (κ2) is 10.3. The number of nitrogens with zero attached hydrogens (tertiary/aromatic N) is 2. The standard InChI is InChI=1S/C26H36FN3O4SSi/c1-6-18-9-10-20(27)19(15-18)25(2)21-16-26(21,22(31)30-11-7-8-12-30)35-24(29-25)34-23(32)28-17-33-13-14-36(3,4)5/h6,9-10,15,21H,1,7-8,11-14,16-17H2,2-5H3,(H,28,32)/t21-,25+,26-/m0/s1. The summed E-state index contributed by atoms with van der Waals surface area (Å²) in [5.41, 5.74) is 0.0686. The molecule has 1 aliphatic carbocycles. The fraction of sp³-hybridized carbons (Fsp3) is 0.577. The smallest absolute Gasteiger partial charge is 0.385 e. The lowest BCUT2D eigenvalue weighted by molar-refractivity contribution is -0.130. The predicted octanol–water partition coefficient (Wildman–Crippen LogP) is 5.21. The van der Waals surface area contributed by atoms with Crippen molar-refractivity contribution >= 4 is 43.1 Å². The second-order valence-corrected chi connectivity index (χ2v) is 18.0. The van der Waals surface area contributed by atoms with Gasteiger partial charge in [-0.05, 0) is 61.7 Å². The van der Waals surface area contributed by atoms with E-state index in [1.807, 2.05) is 11.8 Å². The Morgan fingerprint density at radius 2 is 2.06 bits per heavy atom. The summed E-state index contributed by atoms with van der Waals surface area (Å²) in [6, 6.07) is 5.75. The molecular formula is C26H36FN3O4SSi. The molecule has 0 unspecified atom stereocenters. The summed E-state index contributed by atoms with van der Waals surface area (Å²) >= 11 is 1.19. The molecular weight excluding hydrogens is 497 g/mol. The Balaban J connectivity index is 1.54. The highest BCUT2D eigenvalue weighted by molar-refractivity contribution is 8.15. The van der Waals surface area contributed by atoms with Crippen LogP contribution in [0.2, 0.25) is 25.7 Å². The first-order valence-electron chi connectivity index (χ1n) is 12.5. The van der Waals surface area contributed by atoms with Crippen LogP contribution in [-0.2, 0) is 19.8 Å². The van der Waals surface area contributed by atoms with Gasteiger partial charge < -0.3 is 14.4 Å². The number of nitrogens with one attached hydrogen (secondary N) is 1. The summed E-state index contributed by atoms with van der Waals surface area (Å²) in [4.78, 5) is 32.8. The molecule has 2 heterocycles. The van der Waals surface area contributed by atoms with Crippen LogP contribution in [0.1, 0.15) is 37.3 Å². The SMILES string of the molecule is C=Cc1ccc(F)c([C@@]2(C)N=C(OC(=O)NCOCC[Si](C)(C)C)S[C@@]3(C(=O)N4CCCC4)C[C@H]32)c1. The van der Waals surface area contributed by atoms with E-state index in [4.69, 9.17) is 14.5 Å². The van der Waals surface area contributed by atoms with Crippen molar-refractivity contribution in [1.29, 1.82) is 0 Å². The van der Waals surface area contributed by atoms with Crippen molar-refractivity contribution in [3.8, 4) is 0 Å². The molecule has 0 spiro atoms. The minimum absolute atomic E-state index is 0.0209. The number of alkyl carbamates (subject to hydrolysis) is 1. The summed E-state index contributed by atoms with van der Waals surface area (Å²) in [6.07, 6.45) is 3.43. The lowest BCUT2D eigenvalue weighted by Gasteiger charge is -2.35. The zero-order valence-corrected chi connectivity index (χ0v) is 23.4. The van der Waals surface area contributed by atoms with Crippen molar-refractivity contribution in [3.05, 3.63) is 41.7 Å². The van der Waals surface area contributed by atoms with Gasteiger partial charge in [-0.25, -0.2) is 14.2 Å². The highest BCUT2D eigenvalue weighted by Crippen LogP contribution is 2.67. The predicted molar refractivity (Wildman–Crippen MR) is 144 cm³/mol. The Bertz CT molecular complexity index is 1070. The van der Waals surface area contributed by atoms with Gasteiger partial charge in [-0.3, -0.25) is 10.1 Å². The first kappa shape index (κ1) is 26.9. The van der Waals surface area contributed by atoms with E-state index in [2.05, 4.69) is 31.5 Å². The van der Waals surface area contributed by atoms with Crippen LogP contribution < -0.4 is 5.32 Å². The van der Waals surface area contributed by atoms with Crippen molar-refractivity contribution in [1.82, 2.24) is 10.2 Å². The molecule has 0 radical (unpaired) electrons. The number of likely N-dealkylation sites (tertiary alicyclic amines) is 1. The van der Waals surface area contributed by atoms with E-state index in [1.165, 1.54) is 17.8 Å². The Hall–Kier alpha value is -2.17. The molecule has 3 atom stereocenters. The molecule has 1 aromatic rings. The zero-order chi connectivity index (χ0) is 26.1. The number of carbonyl (C=O) groups excluding carboxylic acids is 2. The van der Waals surface area contributed by atoms with Gasteiger partial charge in [0.25, 0.3) is 5.23 Å². The minimum Gasteiger partial charge on any atom is -0.385 e. The van der Waals surface area contributed by atoms with Crippen LogP contribution in [-0.4, -0.2) is 61.4 Å². The number of carbonyl (C=O) groups is 2. The normalized spacial score (nSPS) is 27.2. The molecule has 4 rings (SSSR count). The number of fused-ring (bicyclic) bond motifs is 1. The van der Waals surface area contributed by atoms with Gasteiger partial charge in [-0.2, -0.15) is 0 Å². The number of benzene rings is 1. The molecule has 1 saturated carbocycles. The van der Waals surface area contributed by atoms with E-state index in [0.29, 0.717) is 31.7 Å². The first-order valence-corrected chi connectivity index (χ1v) is 17.0. The quantitative estimate of drug-likeness (QED) is 0.282. The van der Waals surface area contributed by atoms with Gasteiger partial charge in [0.15, 0.2) is 0 Å². The lowest BCUT2D eigenvalue weighted by atomic mass is 9.84. The summed E-state index contributed by atoms with van der Waals surface area (Å²) in [6.45, 7) is 14.4. The van der Waals surface area contributed by atoms with E-state index in [-0.39, 0.29) is 23.8 Å². The number of ether oxygens (including phenoxy) is 2. The van der Waals surface area contributed by atoms with E-state index in [9.17, 15) is 9.59 Å². The van der Waals surface area contributed by atoms with Crippen molar-refractivity contribution < 1.29 is 23.5 Å². The van der Waals surface area contributed by atoms with Gasteiger partial charge in [-0.15, -0.1) is 0 Å². The summed E-state index contributed by atoms with van der Waals surface area (Å²) < 4.78 is 25.4. The Kier molecular flexibility index (Phi) is 7.69. The van der Waals surface area contributed by atoms with Crippen LogP contribution in [0.5, 0.6) is 0 Å². The Morgan fingerprint density at radius 1 is 1.33 bits per heavy atom.